The molecule has 3 aliphatic rings. The number of nitrogens with zero attached hydrogens (tertiary/aromatic N) is 2. The van der Waals surface area contributed by atoms with Crippen LogP contribution < -0.4 is 16.0 Å². The summed E-state index contributed by atoms with van der Waals surface area (Å²) in [4.78, 5) is 28.6. The first-order chi connectivity index (χ1) is 14.8. The number of rotatable bonds is 5. The Balaban J connectivity index is 0.00000289. The van der Waals surface area contributed by atoms with Gasteiger partial charge >= 0.3 is 0 Å². The van der Waals surface area contributed by atoms with Crippen molar-refractivity contribution in [2.45, 2.75) is 76.3 Å². The number of carbonyl (C=O) groups excluding carboxylic acids is 2. The van der Waals surface area contributed by atoms with Crippen LogP contribution in [0.4, 0.5) is 5.69 Å². The number of nitrogens with one attached hydrogen (secondary N) is 1. The summed E-state index contributed by atoms with van der Waals surface area (Å²) in [5.41, 5.74) is 8.54. The number of hydrogen-bond acceptors (Lipinski definition) is 5. The Bertz CT molecular complexity index is 782. The minimum atomic E-state index is -0.210. The van der Waals surface area contributed by atoms with E-state index in [1.54, 1.807) is 0 Å². The molecule has 0 bridgehead atoms. The van der Waals surface area contributed by atoms with Gasteiger partial charge in [-0.1, -0.05) is 12.1 Å². The number of anilines is 1. The number of imide groups is 1. The maximum absolute atomic E-state index is 12.1. The van der Waals surface area contributed by atoms with Gasteiger partial charge in [0.25, 0.3) is 0 Å². The van der Waals surface area contributed by atoms with Crippen molar-refractivity contribution in [3.05, 3.63) is 29.8 Å². The molecule has 6 nitrogen and oxygen atoms in total. The van der Waals surface area contributed by atoms with Gasteiger partial charge in [0.15, 0.2) is 0 Å². The molecule has 3 fully saturated rings. The fourth-order valence-electron chi connectivity index (χ4n) is 5.73. The van der Waals surface area contributed by atoms with Crippen LogP contribution in [0, 0.1) is 5.92 Å². The van der Waals surface area contributed by atoms with Crippen LogP contribution in [-0.2, 0) is 9.59 Å². The normalized spacial score (nSPS) is 27.6. The number of carbonyl (C=O) groups is 2. The summed E-state index contributed by atoms with van der Waals surface area (Å²) in [5.74, 6) is 0.275. The van der Waals surface area contributed by atoms with E-state index in [4.69, 9.17) is 5.73 Å². The monoisotopic (exact) mass is 462 g/mol. The Labute approximate surface area is 198 Å². The lowest BCUT2D eigenvalue weighted by atomic mass is 9.78. The van der Waals surface area contributed by atoms with E-state index in [-0.39, 0.29) is 35.7 Å². The van der Waals surface area contributed by atoms with E-state index < -0.39 is 0 Å². The van der Waals surface area contributed by atoms with E-state index in [0.717, 1.165) is 37.7 Å². The Kier molecular flexibility index (Phi) is 8.23. The van der Waals surface area contributed by atoms with Crippen LogP contribution in [0.2, 0.25) is 0 Å². The third-order valence-electron chi connectivity index (χ3n) is 7.72. The summed E-state index contributed by atoms with van der Waals surface area (Å²) in [6.07, 6.45) is 7.22. The molecule has 4 rings (SSSR count). The second kappa shape index (κ2) is 10.5. The molecular weight excluding hydrogens is 424 g/mol. The summed E-state index contributed by atoms with van der Waals surface area (Å²) in [7, 11) is 0. The van der Waals surface area contributed by atoms with Crippen LogP contribution in [-0.4, -0.2) is 54.5 Å². The molecule has 2 heterocycles. The van der Waals surface area contributed by atoms with E-state index in [1.807, 2.05) is 0 Å². The fourth-order valence-corrected chi connectivity index (χ4v) is 5.73. The third kappa shape index (κ3) is 5.83. The van der Waals surface area contributed by atoms with Gasteiger partial charge in [0.1, 0.15) is 0 Å². The van der Waals surface area contributed by atoms with Gasteiger partial charge in [-0.05, 0) is 76.0 Å². The van der Waals surface area contributed by atoms with Crippen molar-refractivity contribution in [3.63, 3.8) is 0 Å². The molecule has 0 radical (unpaired) electrons. The van der Waals surface area contributed by atoms with Crippen molar-refractivity contribution in [2.24, 2.45) is 11.7 Å². The molecule has 0 spiro atoms. The summed E-state index contributed by atoms with van der Waals surface area (Å²) in [6.45, 7) is 9.02. The van der Waals surface area contributed by atoms with Gasteiger partial charge in [-0.25, -0.2) is 0 Å². The SMILES string of the molecule is CC(C)(CC1CCC(N)CC1)N1CCN(c2ccc(C3CCC(=O)NC3=O)cc2)CC1.Cl. The highest BCUT2D eigenvalue weighted by atomic mass is 35.5. The fraction of sp³-hybridized carbons (Fsp3) is 0.680. The standard InChI is InChI=1S/C25H38N4O2.ClH/c1-25(2,17-18-3-7-20(26)8-4-18)29-15-13-28(14-16-29)21-9-5-19(6-10-21)22-11-12-23(30)27-24(22)31;/h5-6,9-10,18,20,22H,3-4,7-8,11-17,26H2,1-2H3,(H,27,30,31);1H. The van der Waals surface area contributed by atoms with Crippen LogP contribution in [0.1, 0.15) is 70.3 Å². The highest BCUT2D eigenvalue weighted by Crippen LogP contribution is 2.34. The van der Waals surface area contributed by atoms with E-state index in [2.05, 4.69) is 53.2 Å². The first-order valence-corrected chi connectivity index (χ1v) is 12.0. The molecule has 178 valence electrons. The van der Waals surface area contributed by atoms with Crippen molar-refractivity contribution in [3.8, 4) is 0 Å². The van der Waals surface area contributed by atoms with Gasteiger partial charge in [0.05, 0.1) is 5.92 Å². The van der Waals surface area contributed by atoms with Gasteiger partial charge in [-0.15, -0.1) is 12.4 Å². The number of piperazine rings is 1. The van der Waals surface area contributed by atoms with Crippen molar-refractivity contribution in [1.29, 1.82) is 0 Å². The molecule has 1 aromatic rings. The predicted molar refractivity (Wildman–Crippen MR) is 131 cm³/mol. The van der Waals surface area contributed by atoms with Crippen molar-refractivity contribution >= 4 is 29.9 Å². The van der Waals surface area contributed by atoms with Gasteiger partial charge in [-0.3, -0.25) is 19.8 Å². The molecule has 1 atom stereocenters. The number of nitrogens with two attached hydrogens (primary N) is 1. The van der Waals surface area contributed by atoms with Crippen molar-refractivity contribution < 1.29 is 9.59 Å². The van der Waals surface area contributed by atoms with Gasteiger partial charge in [0.2, 0.25) is 11.8 Å². The second-order valence-electron chi connectivity index (χ2n) is 10.4. The maximum Gasteiger partial charge on any atom is 0.234 e. The molecule has 1 unspecified atom stereocenters. The number of halogens is 1. The highest BCUT2D eigenvalue weighted by Gasteiger charge is 2.33. The zero-order valence-corrected chi connectivity index (χ0v) is 20.3. The second-order valence-corrected chi connectivity index (χ2v) is 10.4. The number of benzene rings is 1. The van der Waals surface area contributed by atoms with Crippen LogP contribution in [0.15, 0.2) is 24.3 Å². The molecular formula is C25H39ClN4O2. The first kappa shape index (κ1) is 25.0. The van der Waals surface area contributed by atoms with E-state index >= 15 is 0 Å². The minimum absolute atomic E-state index is 0. The zero-order valence-electron chi connectivity index (χ0n) is 19.5. The lowest BCUT2D eigenvalue weighted by Gasteiger charge is -2.46. The predicted octanol–water partition coefficient (Wildman–Crippen LogP) is 3.44. The number of piperidine rings is 1. The lowest BCUT2D eigenvalue weighted by Crippen LogP contribution is -2.55. The van der Waals surface area contributed by atoms with E-state index in [0.29, 0.717) is 18.9 Å². The van der Waals surface area contributed by atoms with Crippen LogP contribution in [0.5, 0.6) is 0 Å². The van der Waals surface area contributed by atoms with Crippen LogP contribution in [0.25, 0.3) is 0 Å². The van der Waals surface area contributed by atoms with Crippen LogP contribution >= 0.6 is 12.4 Å². The van der Waals surface area contributed by atoms with Gasteiger partial charge < -0.3 is 10.6 Å². The number of hydrogen-bond donors (Lipinski definition) is 2. The highest BCUT2D eigenvalue weighted by molar-refractivity contribution is 6.00. The molecule has 1 aliphatic carbocycles. The molecule has 7 heteroatoms. The molecule has 2 aliphatic heterocycles. The lowest BCUT2D eigenvalue weighted by molar-refractivity contribution is -0.134. The third-order valence-corrected chi connectivity index (χ3v) is 7.72. The zero-order chi connectivity index (χ0) is 22.0. The Hall–Kier alpha value is -1.63. The van der Waals surface area contributed by atoms with Gasteiger partial charge in [0, 0.05) is 49.9 Å². The van der Waals surface area contributed by atoms with E-state index in [1.165, 1.54) is 37.8 Å². The maximum atomic E-state index is 12.1. The molecule has 3 N–H and O–H groups in total. The largest absolute Gasteiger partial charge is 0.369 e. The molecule has 1 aromatic carbocycles. The minimum Gasteiger partial charge on any atom is -0.369 e. The summed E-state index contributed by atoms with van der Waals surface area (Å²) in [6, 6.07) is 8.79. The van der Waals surface area contributed by atoms with Crippen LogP contribution in [0.3, 0.4) is 0 Å². The topological polar surface area (TPSA) is 78.7 Å². The molecule has 0 aromatic heterocycles. The summed E-state index contributed by atoms with van der Waals surface area (Å²) in [5, 5.41) is 2.46. The molecule has 2 amide bonds. The summed E-state index contributed by atoms with van der Waals surface area (Å²) >= 11 is 0. The average molecular weight is 463 g/mol. The Morgan fingerprint density at radius 2 is 1.59 bits per heavy atom. The van der Waals surface area contributed by atoms with Crippen molar-refractivity contribution in [1.82, 2.24) is 10.2 Å². The van der Waals surface area contributed by atoms with E-state index in [9.17, 15) is 9.59 Å². The van der Waals surface area contributed by atoms with Gasteiger partial charge in [-0.2, -0.15) is 0 Å². The smallest absolute Gasteiger partial charge is 0.234 e. The average Bonchev–Trinajstić information content (AvgIpc) is 2.76. The first-order valence-electron chi connectivity index (χ1n) is 12.0. The summed E-state index contributed by atoms with van der Waals surface area (Å²) < 4.78 is 0. The Morgan fingerprint density at radius 1 is 0.969 bits per heavy atom. The van der Waals surface area contributed by atoms with Crippen molar-refractivity contribution in [2.75, 3.05) is 31.1 Å². The molecule has 1 saturated carbocycles. The quantitative estimate of drug-likeness (QED) is 0.655. The molecule has 32 heavy (non-hydrogen) atoms. The number of amides is 2. The molecule has 2 saturated heterocycles. The Morgan fingerprint density at radius 3 is 2.19 bits per heavy atom.